The lowest BCUT2D eigenvalue weighted by Crippen LogP contribution is -2.41. The predicted octanol–water partition coefficient (Wildman–Crippen LogP) is 2.55. The Balaban J connectivity index is 1.73. The van der Waals surface area contributed by atoms with Crippen LogP contribution < -0.4 is 23.8 Å². The van der Waals surface area contributed by atoms with Gasteiger partial charge in [0.1, 0.15) is 11.9 Å². The number of hydrogen-bond donors (Lipinski definition) is 1. The summed E-state index contributed by atoms with van der Waals surface area (Å²) in [5.74, 6) is 0.592. The van der Waals surface area contributed by atoms with Gasteiger partial charge in [0.2, 0.25) is 12.7 Å². The number of carbonyl (C=O) groups excluding carboxylic acids is 2. The highest BCUT2D eigenvalue weighted by Gasteiger charge is 2.29. The van der Waals surface area contributed by atoms with Crippen LogP contribution in [0, 0.1) is 0 Å². The fraction of sp³-hybridized carbons (Fsp3) is 0.300. The van der Waals surface area contributed by atoms with Crippen molar-refractivity contribution in [2.75, 3.05) is 23.0 Å². The lowest BCUT2D eigenvalue weighted by Gasteiger charge is -2.33. The zero-order chi connectivity index (χ0) is 21.6. The predicted molar refractivity (Wildman–Crippen MR) is 108 cm³/mol. The fourth-order valence-corrected chi connectivity index (χ4v) is 4.49. The molecule has 2 aliphatic rings. The number of carbonyl (C=O) groups is 2. The van der Waals surface area contributed by atoms with Gasteiger partial charge in [-0.25, -0.2) is 8.42 Å². The summed E-state index contributed by atoms with van der Waals surface area (Å²) in [5, 5.41) is 0. The van der Waals surface area contributed by atoms with E-state index >= 15 is 0 Å². The normalized spacial score (nSPS) is 17.2. The smallest absolute Gasteiger partial charge is 0.261 e. The van der Waals surface area contributed by atoms with Crippen molar-refractivity contribution < 1.29 is 32.2 Å². The molecule has 4 rings (SSSR count). The van der Waals surface area contributed by atoms with Crippen molar-refractivity contribution in [3.63, 3.8) is 0 Å². The molecule has 9 nitrogen and oxygen atoms in total. The molecule has 0 saturated heterocycles. The van der Waals surface area contributed by atoms with E-state index in [-0.39, 0.29) is 40.7 Å². The average Bonchev–Trinajstić information content (AvgIpc) is 3.13. The molecule has 2 aliphatic heterocycles. The number of nitrogens with zero attached hydrogens (tertiary/aromatic N) is 1. The Morgan fingerprint density at radius 1 is 1.07 bits per heavy atom. The number of sulfonamides is 1. The molecule has 158 valence electrons. The van der Waals surface area contributed by atoms with E-state index in [0.717, 1.165) is 0 Å². The summed E-state index contributed by atoms with van der Waals surface area (Å²) in [7, 11) is -4.08. The number of ketones is 1. The molecule has 2 aromatic carbocycles. The minimum absolute atomic E-state index is 0.00694. The second kappa shape index (κ2) is 7.21. The molecule has 0 aromatic heterocycles. The van der Waals surface area contributed by atoms with Crippen LogP contribution in [0.25, 0.3) is 0 Å². The third kappa shape index (κ3) is 3.54. The largest absolute Gasteiger partial charge is 0.487 e. The van der Waals surface area contributed by atoms with Crippen molar-refractivity contribution in [2.24, 2.45) is 0 Å². The first-order valence-electron chi connectivity index (χ1n) is 9.22. The second-order valence-corrected chi connectivity index (χ2v) is 8.78. The highest BCUT2D eigenvalue weighted by Crippen LogP contribution is 2.39. The van der Waals surface area contributed by atoms with Crippen molar-refractivity contribution in [3.8, 4) is 17.2 Å². The van der Waals surface area contributed by atoms with E-state index in [1.54, 1.807) is 0 Å². The van der Waals surface area contributed by atoms with Crippen molar-refractivity contribution >= 4 is 33.1 Å². The van der Waals surface area contributed by atoms with Gasteiger partial charge in [-0.05, 0) is 38.1 Å². The molecular formula is C20H20N2O7S. The number of anilines is 2. The van der Waals surface area contributed by atoms with Gasteiger partial charge in [-0.2, -0.15) is 0 Å². The third-order valence-corrected chi connectivity index (χ3v) is 6.18. The summed E-state index contributed by atoms with van der Waals surface area (Å²) in [6.07, 6.45) is -0.214. The van der Waals surface area contributed by atoms with Gasteiger partial charge in [0, 0.05) is 18.6 Å². The molecule has 30 heavy (non-hydrogen) atoms. The first-order valence-corrected chi connectivity index (χ1v) is 10.7. The van der Waals surface area contributed by atoms with Crippen LogP contribution in [0.1, 0.15) is 31.1 Å². The Bertz CT molecular complexity index is 1160. The number of Topliss-reactive ketones (excluding diaryl/α,β-unsaturated/α-hetero) is 1. The van der Waals surface area contributed by atoms with Crippen molar-refractivity contribution in [2.45, 2.75) is 31.8 Å². The van der Waals surface area contributed by atoms with Crippen LogP contribution in [0.2, 0.25) is 0 Å². The maximum absolute atomic E-state index is 13.1. The fourth-order valence-electron chi connectivity index (χ4n) is 3.40. The Morgan fingerprint density at radius 2 is 1.77 bits per heavy atom. The van der Waals surface area contributed by atoms with Crippen LogP contribution in [0.5, 0.6) is 17.2 Å². The third-order valence-electron chi connectivity index (χ3n) is 4.82. The molecule has 1 N–H and O–H groups in total. The topological polar surface area (TPSA) is 111 Å². The van der Waals surface area contributed by atoms with Crippen LogP contribution in [0.4, 0.5) is 11.4 Å². The Kier molecular flexibility index (Phi) is 4.81. The number of amides is 1. The van der Waals surface area contributed by atoms with E-state index < -0.39 is 10.0 Å². The number of fused-ring (bicyclic) bond motifs is 2. The lowest BCUT2D eigenvalue weighted by atomic mass is 10.1. The number of rotatable bonds is 4. The van der Waals surface area contributed by atoms with E-state index in [9.17, 15) is 18.0 Å². The highest BCUT2D eigenvalue weighted by atomic mass is 32.2. The first-order chi connectivity index (χ1) is 14.2. The van der Waals surface area contributed by atoms with Gasteiger partial charge in [0.25, 0.3) is 10.0 Å². The Labute approximate surface area is 173 Å². The van der Waals surface area contributed by atoms with Gasteiger partial charge < -0.3 is 19.1 Å². The molecule has 1 atom stereocenters. The van der Waals surface area contributed by atoms with Gasteiger partial charge in [-0.1, -0.05) is 0 Å². The minimum atomic E-state index is -4.08. The number of ether oxygens (including phenoxy) is 3. The maximum atomic E-state index is 13.1. The van der Waals surface area contributed by atoms with E-state index in [4.69, 9.17) is 14.2 Å². The SMILES string of the molecule is CC(=O)c1cc2c(cc1NS(=O)(=O)c1ccc3c(c1)N(C(C)=O)C[C@@H](C)O3)OCO2. The van der Waals surface area contributed by atoms with Gasteiger partial charge in [-0.15, -0.1) is 0 Å². The first kappa shape index (κ1) is 20.0. The molecule has 0 radical (unpaired) electrons. The van der Waals surface area contributed by atoms with Gasteiger partial charge >= 0.3 is 0 Å². The van der Waals surface area contributed by atoms with Crippen LogP contribution in [-0.2, 0) is 14.8 Å². The molecule has 0 saturated carbocycles. The van der Waals surface area contributed by atoms with Gasteiger partial charge in [0.05, 0.1) is 22.8 Å². The van der Waals surface area contributed by atoms with Crippen molar-refractivity contribution in [1.82, 2.24) is 0 Å². The van der Waals surface area contributed by atoms with Crippen LogP contribution in [-0.4, -0.2) is 39.5 Å². The Morgan fingerprint density at radius 3 is 2.43 bits per heavy atom. The highest BCUT2D eigenvalue weighted by molar-refractivity contribution is 7.92. The van der Waals surface area contributed by atoms with E-state index in [1.165, 1.54) is 49.1 Å². The van der Waals surface area contributed by atoms with Gasteiger partial charge in [-0.3, -0.25) is 14.3 Å². The molecular weight excluding hydrogens is 412 g/mol. The lowest BCUT2D eigenvalue weighted by molar-refractivity contribution is -0.117. The number of nitrogens with one attached hydrogen (secondary N) is 1. The summed E-state index contributed by atoms with van der Waals surface area (Å²) in [5.41, 5.74) is 0.613. The van der Waals surface area contributed by atoms with Crippen LogP contribution in [0.15, 0.2) is 35.2 Å². The number of benzene rings is 2. The quantitative estimate of drug-likeness (QED) is 0.739. The number of hydrogen-bond acceptors (Lipinski definition) is 7. The van der Waals surface area contributed by atoms with Crippen molar-refractivity contribution in [1.29, 1.82) is 0 Å². The maximum Gasteiger partial charge on any atom is 0.261 e. The molecule has 2 aromatic rings. The average molecular weight is 432 g/mol. The molecule has 0 bridgehead atoms. The summed E-state index contributed by atoms with van der Waals surface area (Å²) in [4.78, 5) is 25.5. The summed E-state index contributed by atoms with van der Waals surface area (Å²) in [6, 6.07) is 7.15. The molecule has 0 aliphatic carbocycles. The van der Waals surface area contributed by atoms with E-state index in [1.807, 2.05) is 6.92 Å². The summed E-state index contributed by atoms with van der Waals surface area (Å²) < 4.78 is 44.8. The zero-order valence-electron chi connectivity index (χ0n) is 16.6. The second-order valence-electron chi connectivity index (χ2n) is 7.10. The summed E-state index contributed by atoms with van der Waals surface area (Å²) in [6.45, 7) is 4.88. The molecule has 1 amide bonds. The van der Waals surface area contributed by atoms with E-state index in [0.29, 0.717) is 29.5 Å². The molecule has 0 fully saturated rings. The monoisotopic (exact) mass is 432 g/mol. The molecule has 2 heterocycles. The van der Waals surface area contributed by atoms with Crippen LogP contribution in [0.3, 0.4) is 0 Å². The van der Waals surface area contributed by atoms with Crippen LogP contribution >= 0.6 is 0 Å². The van der Waals surface area contributed by atoms with Gasteiger partial charge in [0.15, 0.2) is 17.3 Å². The molecule has 10 heteroatoms. The Hall–Kier alpha value is -3.27. The molecule has 0 unspecified atom stereocenters. The molecule has 0 spiro atoms. The summed E-state index contributed by atoms with van der Waals surface area (Å²) >= 11 is 0. The van der Waals surface area contributed by atoms with Crippen molar-refractivity contribution in [3.05, 3.63) is 35.9 Å². The minimum Gasteiger partial charge on any atom is -0.487 e. The zero-order valence-corrected chi connectivity index (χ0v) is 17.4. The standard InChI is InChI=1S/C20H20N2O7S/c1-11-9-22(13(3)24)17-6-14(4-5-18(17)29-11)30(25,26)21-16-8-20-19(27-10-28-20)7-15(16)12(2)23/h4-8,11,21H,9-10H2,1-3H3/t11-/m1/s1. The van der Waals surface area contributed by atoms with E-state index in [2.05, 4.69) is 4.72 Å².